The number of aliphatic hydroxyl groups is 2. The second kappa shape index (κ2) is 7.99. The third-order valence-electron chi connectivity index (χ3n) is 4.16. The van der Waals surface area contributed by atoms with Crippen molar-refractivity contribution in [2.24, 2.45) is 0 Å². The smallest absolute Gasteiger partial charge is 0.0816 e. The van der Waals surface area contributed by atoms with Crippen LogP contribution in [0.3, 0.4) is 0 Å². The average molecular weight is 298 g/mol. The molecule has 1 aliphatic heterocycles. The van der Waals surface area contributed by atoms with Gasteiger partial charge in [-0.2, -0.15) is 0 Å². The maximum atomic E-state index is 10.3. The van der Waals surface area contributed by atoms with E-state index in [2.05, 4.69) is 4.90 Å². The Hall–Kier alpha value is -0.610. The number of rotatable bonds is 5. The molecule has 2 unspecified atom stereocenters. The largest absolute Gasteiger partial charge is 0.395 e. The van der Waals surface area contributed by atoms with E-state index in [0.717, 1.165) is 25.1 Å². The molecule has 2 atom stereocenters. The maximum Gasteiger partial charge on any atom is 0.0816 e. The van der Waals surface area contributed by atoms with Gasteiger partial charge in [-0.3, -0.25) is 4.90 Å². The minimum Gasteiger partial charge on any atom is -0.395 e. The molecular weight excluding hydrogens is 274 g/mol. The molecule has 112 valence electrons. The first-order valence-electron chi connectivity index (χ1n) is 7.49. The van der Waals surface area contributed by atoms with Crippen LogP contribution in [0.5, 0.6) is 0 Å². The van der Waals surface area contributed by atoms with E-state index in [1.54, 1.807) is 0 Å². The fourth-order valence-electron chi connectivity index (χ4n) is 2.93. The summed E-state index contributed by atoms with van der Waals surface area (Å²) in [6.07, 6.45) is 4.78. The van der Waals surface area contributed by atoms with Gasteiger partial charge in [0.1, 0.15) is 0 Å². The zero-order chi connectivity index (χ0) is 14.4. The molecule has 1 aromatic rings. The minimum absolute atomic E-state index is 0.211. The molecule has 20 heavy (non-hydrogen) atoms. The van der Waals surface area contributed by atoms with Gasteiger partial charge in [-0.15, -0.1) is 0 Å². The van der Waals surface area contributed by atoms with Crippen molar-refractivity contribution in [3.8, 4) is 0 Å². The topological polar surface area (TPSA) is 43.7 Å². The molecule has 0 radical (unpaired) electrons. The molecule has 0 amide bonds. The van der Waals surface area contributed by atoms with E-state index < -0.39 is 6.10 Å². The van der Waals surface area contributed by atoms with Crippen molar-refractivity contribution in [3.63, 3.8) is 0 Å². The van der Waals surface area contributed by atoms with E-state index in [9.17, 15) is 10.2 Å². The van der Waals surface area contributed by atoms with Gasteiger partial charge in [-0.05, 0) is 37.4 Å². The summed E-state index contributed by atoms with van der Waals surface area (Å²) in [5.41, 5.74) is 0.796. The molecule has 1 aliphatic rings. The highest BCUT2D eigenvalue weighted by Gasteiger charge is 2.21. The lowest BCUT2D eigenvalue weighted by molar-refractivity contribution is 0.0947. The minimum atomic E-state index is -0.536. The molecule has 0 aromatic heterocycles. The van der Waals surface area contributed by atoms with E-state index >= 15 is 0 Å². The normalized spacial score (nSPS) is 22.4. The van der Waals surface area contributed by atoms with Crippen LogP contribution in [-0.2, 0) is 0 Å². The zero-order valence-corrected chi connectivity index (χ0v) is 12.6. The summed E-state index contributed by atoms with van der Waals surface area (Å²) in [6, 6.07) is 7.69. The molecule has 1 saturated heterocycles. The summed E-state index contributed by atoms with van der Waals surface area (Å²) >= 11 is 6.11. The van der Waals surface area contributed by atoms with Crippen molar-refractivity contribution < 1.29 is 10.2 Å². The zero-order valence-electron chi connectivity index (χ0n) is 11.8. The third kappa shape index (κ3) is 4.19. The average Bonchev–Trinajstić information content (AvgIpc) is 2.70. The first kappa shape index (κ1) is 15.8. The van der Waals surface area contributed by atoms with Crippen molar-refractivity contribution in [2.45, 2.75) is 44.2 Å². The van der Waals surface area contributed by atoms with Crippen LogP contribution in [0.2, 0.25) is 5.02 Å². The van der Waals surface area contributed by atoms with Crippen molar-refractivity contribution in [3.05, 3.63) is 34.9 Å². The number of benzene rings is 1. The molecular formula is C16H24ClNO2. The lowest BCUT2D eigenvalue weighted by Crippen LogP contribution is -2.38. The Morgan fingerprint density at radius 1 is 1.25 bits per heavy atom. The summed E-state index contributed by atoms with van der Waals surface area (Å²) < 4.78 is 0. The summed E-state index contributed by atoms with van der Waals surface area (Å²) in [5, 5.41) is 20.4. The molecule has 0 saturated carbocycles. The van der Waals surface area contributed by atoms with Gasteiger partial charge in [-0.1, -0.05) is 42.6 Å². The number of aliphatic hydroxyl groups excluding tert-OH is 2. The van der Waals surface area contributed by atoms with Gasteiger partial charge in [0.15, 0.2) is 0 Å². The van der Waals surface area contributed by atoms with Gasteiger partial charge in [0.2, 0.25) is 0 Å². The quantitative estimate of drug-likeness (QED) is 0.878. The Balaban J connectivity index is 1.91. The van der Waals surface area contributed by atoms with E-state index in [1.165, 1.54) is 19.3 Å². The summed E-state index contributed by atoms with van der Waals surface area (Å²) in [7, 11) is 0. The highest BCUT2D eigenvalue weighted by molar-refractivity contribution is 6.31. The number of hydrogen-bond acceptors (Lipinski definition) is 3. The number of nitrogens with zero attached hydrogens (tertiary/aromatic N) is 1. The Morgan fingerprint density at radius 2 is 2.05 bits per heavy atom. The lowest BCUT2D eigenvalue weighted by Gasteiger charge is -2.29. The van der Waals surface area contributed by atoms with Crippen LogP contribution in [0.15, 0.2) is 24.3 Å². The molecule has 1 fully saturated rings. The van der Waals surface area contributed by atoms with E-state index in [1.807, 2.05) is 24.3 Å². The van der Waals surface area contributed by atoms with Gasteiger partial charge in [0, 0.05) is 17.6 Å². The lowest BCUT2D eigenvalue weighted by atomic mass is 10.1. The standard InChI is InChI=1S/C16H24ClNO2/c17-15-8-4-3-7-14(15)16(20)9-11-18-10-5-1-2-6-13(18)12-19/h3-4,7-8,13,16,19-20H,1-2,5-6,9-12H2. The molecule has 4 heteroatoms. The SMILES string of the molecule is OCC1CCCCCN1CCC(O)c1ccccc1Cl. The Morgan fingerprint density at radius 3 is 2.80 bits per heavy atom. The highest BCUT2D eigenvalue weighted by atomic mass is 35.5. The van der Waals surface area contributed by atoms with Crippen LogP contribution < -0.4 is 0 Å². The van der Waals surface area contributed by atoms with Crippen LogP contribution in [0.4, 0.5) is 0 Å². The van der Waals surface area contributed by atoms with Crippen LogP contribution in [0.1, 0.15) is 43.8 Å². The van der Waals surface area contributed by atoms with Gasteiger partial charge < -0.3 is 10.2 Å². The fourth-order valence-corrected chi connectivity index (χ4v) is 3.19. The summed E-state index contributed by atoms with van der Waals surface area (Å²) in [6.45, 7) is 2.03. The Kier molecular flexibility index (Phi) is 6.30. The molecule has 3 nitrogen and oxygen atoms in total. The van der Waals surface area contributed by atoms with Gasteiger partial charge in [-0.25, -0.2) is 0 Å². The van der Waals surface area contributed by atoms with E-state index in [-0.39, 0.29) is 12.6 Å². The van der Waals surface area contributed by atoms with E-state index in [4.69, 9.17) is 11.6 Å². The molecule has 1 heterocycles. The Labute approximate surface area is 126 Å². The second-order valence-corrected chi connectivity index (χ2v) is 5.95. The van der Waals surface area contributed by atoms with Crippen molar-refractivity contribution in [1.82, 2.24) is 4.90 Å². The summed E-state index contributed by atoms with van der Waals surface area (Å²) in [4.78, 5) is 2.31. The molecule has 0 bridgehead atoms. The van der Waals surface area contributed by atoms with Gasteiger partial charge >= 0.3 is 0 Å². The van der Waals surface area contributed by atoms with Gasteiger partial charge in [0.05, 0.1) is 12.7 Å². The van der Waals surface area contributed by atoms with Gasteiger partial charge in [0.25, 0.3) is 0 Å². The van der Waals surface area contributed by atoms with Crippen LogP contribution in [0.25, 0.3) is 0 Å². The predicted octanol–water partition coefficient (Wildman–Crippen LogP) is 3.00. The van der Waals surface area contributed by atoms with Crippen LogP contribution in [-0.4, -0.2) is 40.9 Å². The summed E-state index contributed by atoms with van der Waals surface area (Å²) in [5.74, 6) is 0. The molecule has 0 aliphatic carbocycles. The first-order chi connectivity index (χ1) is 9.72. The van der Waals surface area contributed by atoms with Crippen molar-refractivity contribution in [2.75, 3.05) is 19.7 Å². The number of halogens is 1. The number of hydrogen-bond donors (Lipinski definition) is 2. The van der Waals surface area contributed by atoms with Crippen molar-refractivity contribution in [1.29, 1.82) is 0 Å². The second-order valence-electron chi connectivity index (χ2n) is 5.55. The van der Waals surface area contributed by atoms with E-state index in [0.29, 0.717) is 11.4 Å². The highest BCUT2D eigenvalue weighted by Crippen LogP contribution is 2.26. The first-order valence-corrected chi connectivity index (χ1v) is 7.87. The monoisotopic (exact) mass is 297 g/mol. The van der Waals surface area contributed by atoms with Crippen molar-refractivity contribution >= 4 is 11.6 Å². The maximum absolute atomic E-state index is 10.3. The molecule has 1 aromatic carbocycles. The molecule has 2 N–H and O–H groups in total. The van der Waals surface area contributed by atoms with Crippen LogP contribution >= 0.6 is 11.6 Å². The molecule has 2 rings (SSSR count). The fraction of sp³-hybridized carbons (Fsp3) is 0.625. The molecule has 0 spiro atoms. The van der Waals surface area contributed by atoms with Crippen LogP contribution in [0, 0.1) is 0 Å². The third-order valence-corrected chi connectivity index (χ3v) is 4.51. The Bertz CT molecular complexity index is 413. The number of likely N-dealkylation sites (tertiary alicyclic amines) is 1. The predicted molar refractivity (Wildman–Crippen MR) is 81.9 cm³/mol.